The third-order valence-electron chi connectivity index (χ3n) is 3.85. The number of carboxylic acid groups (broad SMARTS) is 1. The topological polar surface area (TPSA) is 50.2 Å². The van der Waals surface area contributed by atoms with E-state index in [0.29, 0.717) is 38.3 Å². The molecule has 0 saturated heterocycles. The van der Waals surface area contributed by atoms with Gasteiger partial charge in [-0.2, -0.15) is 0 Å². The number of carbonyl (C=O) groups is 1. The van der Waals surface area contributed by atoms with Crippen LogP contribution in [0.4, 0.5) is 0 Å². The van der Waals surface area contributed by atoms with Gasteiger partial charge >= 0.3 is 5.97 Å². The van der Waals surface area contributed by atoms with E-state index < -0.39 is 11.9 Å². The van der Waals surface area contributed by atoms with Crippen molar-refractivity contribution in [2.45, 2.75) is 25.2 Å². The lowest BCUT2D eigenvalue weighted by Gasteiger charge is -2.23. The largest absolute Gasteiger partial charge is 0.481 e. The SMILES string of the molecule is O=C(O)C1CCCc2nc(-c3ccc(Cl)cc3Cl)c(Cl)cc21. The number of hydrogen-bond acceptors (Lipinski definition) is 2. The van der Waals surface area contributed by atoms with Gasteiger partial charge in [-0.25, -0.2) is 0 Å². The lowest BCUT2D eigenvalue weighted by Crippen LogP contribution is -2.19. The zero-order valence-electron chi connectivity index (χ0n) is 11.4. The van der Waals surface area contributed by atoms with Gasteiger partial charge in [0.1, 0.15) is 0 Å². The smallest absolute Gasteiger partial charge is 0.311 e. The van der Waals surface area contributed by atoms with Gasteiger partial charge < -0.3 is 5.11 Å². The minimum absolute atomic E-state index is 0.399. The van der Waals surface area contributed by atoms with Crippen LogP contribution >= 0.6 is 34.8 Å². The van der Waals surface area contributed by atoms with E-state index in [2.05, 4.69) is 4.98 Å². The normalized spacial score (nSPS) is 17.1. The summed E-state index contributed by atoms with van der Waals surface area (Å²) in [5.74, 6) is -1.38. The highest BCUT2D eigenvalue weighted by molar-refractivity contribution is 6.38. The number of pyridine rings is 1. The second-order valence-electron chi connectivity index (χ2n) is 5.26. The maximum absolute atomic E-state index is 11.4. The van der Waals surface area contributed by atoms with Crippen LogP contribution in [0.3, 0.4) is 0 Å². The highest BCUT2D eigenvalue weighted by Crippen LogP contribution is 2.38. The number of rotatable bonds is 2. The number of aliphatic carboxylic acids is 1. The van der Waals surface area contributed by atoms with E-state index in [1.54, 1.807) is 24.3 Å². The first-order chi connectivity index (χ1) is 10.5. The number of aromatic nitrogens is 1. The first kappa shape index (κ1) is 15.6. The van der Waals surface area contributed by atoms with E-state index in [1.165, 1.54) is 0 Å². The Balaban J connectivity index is 2.14. The van der Waals surface area contributed by atoms with Crippen LogP contribution in [0, 0.1) is 0 Å². The van der Waals surface area contributed by atoms with Crippen LogP contribution in [0.1, 0.15) is 30.0 Å². The number of fused-ring (bicyclic) bond motifs is 1. The van der Waals surface area contributed by atoms with Crippen LogP contribution < -0.4 is 0 Å². The molecule has 0 amide bonds. The summed E-state index contributed by atoms with van der Waals surface area (Å²) in [5, 5.41) is 10.7. The molecule has 1 aromatic heterocycles. The predicted octanol–water partition coefficient (Wildman–Crippen LogP) is 5.21. The zero-order valence-corrected chi connectivity index (χ0v) is 13.7. The molecule has 0 bridgehead atoms. The van der Waals surface area contributed by atoms with Crippen LogP contribution in [-0.2, 0) is 11.2 Å². The van der Waals surface area contributed by atoms with Gasteiger partial charge in [-0.05, 0) is 49.1 Å². The van der Waals surface area contributed by atoms with E-state index in [4.69, 9.17) is 34.8 Å². The van der Waals surface area contributed by atoms with Crippen LogP contribution in [0.5, 0.6) is 0 Å². The molecular weight excluding hydrogens is 345 g/mol. The predicted molar refractivity (Wildman–Crippen MR) is 88.0 cm³/mol. The van der Waals surface area contributed by atoms with Crippen molar-refractivity contribution in [3.8, 4) is 11.3 Å². The fraction of sp³-hybridized carbons (Fsp3) is 0.250. The second kappa shape index (κ2) is 6.07. The fourth-order valence-electron chi connectivity index (χ4n) is 2.80. The molecule has 6 heteroatoms. The van der Waals surface area contributed by atoms with Crippen molar-refractivity contribution in [1.82, 2.24) is 4.98 Å². The summed E-state index contributed by atoms with van der Waals surface area (Å²) < 4.78 is 0. The van der Waals surface area contributed by atoms with E-state index in [1.807, 2.05) is 0 Å². The number of carboxylic acids is 1. The average Bonchev–Trinajstić information content (AvgIpc) is 2.46. The third kappa shape index (κ3) is 2.81. The molecule has 0 spiro atoms. The molecule has 1 aliphatic carbocycles. The van der Waals surface area contributed by atoms with Gasteiger partial charge in [-0.1, -0.05) is 34.8 Å². The Morgan fingerprint density at radius 1 is 1.18 bits per heavy atom. The summed E-state index contributed by atoms with van der Waals surface area (Å²) in [7, 11) is 0. The lowest BCUT2D eigenvalue weighted by atomic mass is 9.85. The molecule has 1 atom stereocenters. The van der Waals surface area contributed by atoms with Gasteiger partial charge in [0.25, 0.3) is 0 Å². The summed E-state index contributed by atoms with van der Waals surface area (Å²) in [4.78, 5) is 16.0. The standard InChI is InChI=1S/C16H12Cl3NO2/c17-8-4-5-10(12(18)6-8)15-13(19)7-11-9(16(21)22)2-1-3-14(11)20-15/h4-7,9H,1-3H2,(H,21,22). The number of hydrogen-bond donors (Lipinski definition) is 1. The molecule has 22 heavy (non-hydrogen) atoms. The van der Waals surface area contributed by atoms with Crippen molar-refractivity contribution < 1.29 is 9.90 Å². The number of halogens is 3. The number of benzene rings is 1. The molecule has 1 heterocycles. The molecule has 114 valence electrons. The van der Waals surface area contributed by atoms with Gasteiger partial charge in [-0.15, -0.1) is 0 Å². The summed E-state index contributed by atoms with van der Waals surface area (Å²) in [5.41, 5.74) is 2.74. The molecule has 3 nitrogen and oxygen atoms in total. The van der Waals surface area contributed by atoms with Gasteiger partial charge in [-0.3, -0.25) is 9.78 Å². The molecule has 3 rings (SSSR count). The highest BCUT2D eigenvalue weighted by Gasteiger charge is 2.28. The number of nitrogens with zero attached hydrogens (tertiary/aromatic N) is 1. The molecule has 0 fully saturated rings. The van der Waals surface area contributed by atoms with Crippen molar-refractivity contribution >= 4 is 40.8 Å². The maximum Gasteiger partial charge on any atom is 0.311 e. The molecule has 1 aliphatic rings. The van der Waals surface area contributed by atoms with Gasteiger partial charge in [0.2, 0.25) is 0 Å². The fourth-order valence-corrected chi connectivity index (χ4v) is 3.56. The monoisotopic (exact) mass is 355 g/mol. The Bertz CT molecular complexity index is 761. The van der Waals surface area contributed by atoms with Crippen LogP contribution in [-0.4, -0.2) is 16.1 Å². The Morgan fingerprint density at radius 3 is 2.64 bits per heavy atom. The Labute approximate surface area is 142 Å². The summed E-state index contributed by atoms with van der Waals surface area (Å²) in [6.07, 6.45) is 2.16. The summed E-state index contributed by atoms with van der Waals surface area (Å²) >= 11 is 18.5. The molecule has 2 aromatic rings. The van der Waals surface area contributed by atoms with Crippen LogP contribution in [0.25, 0.3) is 11.3 Å². The van der Waals surface area contributed by atoms with Crippen LogP contribution in [0.2, 0.25) is 15.1 Å². The molecule has 1 unspecified atom stereocenters. The molecule has 0 radical (unpaired) electrons. The van der Waals surface area contributed by atoms with Gasteiger partial charge in [0, 0.05) is 16.3 Å². The lowest BCUT2D eigenvalue weighted by molar-refractivity contribution is -0.139. The van der Waals surface area contributed by atoms with Gasteiger partial charge in [0.15, 0.2) is 0 Å². The molecular formula is C16H12Cl3NO2. The second-order valence-corrected chi connectivity index (χ2v) is 6.51. The molecule has 1 aromatic carbocycles. The Morgan fingerprint density at radius 2 is 1.95 bits per heavy atom. The van der Waals surface area contributed by atoms with Crippen molar-refractivity contribution in [3.05, 3.63) is 50.6 Å². The average molecular weight is 357 g/mol. The Hall–Kier alpha value is -1.29. The molecule has 0 aliphatic heterocycles. The van der Waals surface area contributed by atoms with Crippen molar-refractivity contribution in [1.29, 1.82) is 0 Å². The Kier molecular flexibility index (Phi) is 4.31. The van der Waals surface area contributed by atoms with E-state index in [9.17, 15) is 9.90 Å². The summed E-state index contributed by atoms with van der Waals surface area (Å²) in [6.45, 7) is 0. The first-order valence-corrected chi connectivity index (χ1v) is 7.98. The summed E-state index contributed by atoms with van der Waals surface area (Å²) in [6, 6.07) is 6.83. The minimum Gasteiger partial charge on any atom is -0.481 e. The van der Waals surface area contributed by atoms with Crippen molar-refractivity contribution in [2.24, 2.45) is 0 Å². The maximum atomic E-state index is 11.4. The van der Waals surface area contributed by atoms with Crippen LogP contribution in [0.15, 0.2) is 24.3 Å². The zero-order chi connectivity index (χ0) is 15.9. The van der Waals surface area contributed by atoms with Crippen molar-refractivity contribution in [3.63, 3.8) is 0 Å². The van der Waals surface area contributed by atoms with E-state index in [0.717, 1.165) is 18.5 Å². The van der Waals surface area contributed by atoms with E-state index in [-0.39, 0.29) is 0 Å². The highest BCUT2D eigenvalue weighted by atomic mass is 35.5. The first-order valence-electron chi connectivity index (χ1n) is 6.85. The van der Waals surface area contributed by atoms with E-state index >= 15 is 0 Å². The minimum atomic E-state index is -0.837. The van der Waals surface area contributed by atoms with Crippen molar-refractivity contribution in [2.75, 3.05) is 0 Å². The third-order valence-corrected chi connectivity index (χ3v) is 4.69. The molecule has 0 saturated carbocycles. The molecule has 1 N–H and O–H groups in total. The quantitative estimate of drug-likeness (QED) is 0.803. The number of aryl methyl sites for hydroxylation is 1. The van der Waals surface area contributed by atoms with Gasteiger partial charge in [0.05, 0.1) is 21.7 Å².